The normalized spacial score (nSPS) is 17.8. The summed E-state index contributed by atoms with van der Waals surface area (Å²) in [6, 6.07) is 0.502. The lowest BCUT2D eigenvalue weighted by molar-refractivity contribution is -0.136. The molecule has 84 valence electrons. The largest absolute Gasteiger partial charge is 0.389 e. The summed E-state index contributed by atoms with van der Waals surface area (Å²) in [6.45, 7) is 1.24. The van der Waals surface area contributed by atoms with Gasteiger partial charge in [0.15, 0.2) is 0 Å². The molecule has 0 spiro atoms. The fourth-order valence-electron chi connectivity index (χ4n) is 1.51. The van der Waals surface area contributed by atoms with Crippen LogP contribution in [0, 0.1) is 0 Å². The van der Waals surface area contributed by atoms with E-state index in [1.54, 1.807) is 0 Å². The highest BCUT2D eigenvalue weighted by Gasteiger charge is 2.30. The van der Waals surface area contributed by atoms with E-state index in [0.717, 1.165) is 12.8 Å². The van der Waals surface area contributed by atoms with Crippen LogP contribution in [0.5, 0.6) is 0 Å². The smallest absolute Gasteiger partial charge is 0.299 e. The van der Waals surface area contributed by atoms with Crippen LogP contribution >= 0.6 is 11.6 Å². The second-order valence-corrected chi connectivity index (χ2v) is 4.05. The fourth-order valence-corrected chi connectivity index (χ4v) is 1.72. The third-order valence-electron chi connectivity index (χ3n) is 2.34. The highest BCUT2D eigenvalue weighted by Crippen LogP contribution is 2.28. The first-order valence-electron chi connectivity index (χ1n) is 4.89. The molecular weight excluding hydrogens is 215 g/mol. The van der Waals surface area contributed by atoms with Gasteiger partial charge in [0.05, 0.1) is 0 Å². The van der Waals surface area contributed by atoms with E-state index in [-0.39, 0.29) is 6.42 Å². The Morgan fingerprint density at radius 3 is 2.29 bits per heavy atom. The van der Waals surface area contributed by atoms with Crippen molar-refractivity contribution in [1.29, 1.82) is 0 Å². The first-order chi connectivity index (χ1) is 6.53. The van der Waals surface area contributed by atoms with Crippen molar-refractivity contribution >= 4 is 11.6 Å². The first kappa shape index (κ1) is 12.1. The average molecular weight is 230 g/mol. The molecule has 0 aliphatic heterocycles. The Balaban J connectivity index is 2.13. The molecule has 0 bridgehead atoms. The van der Waals surface area contributed by atoms with Crippen molar-refractivity contribution in [3.05, 3.63) is 0 Å². The summed E-state index contributed by atoms with van der Waals surface area (Å²) < 4.78 is 35.6. The molecule has 5 heteroatoms. The lowest BCUT2D eigenvalue weighted by Crippen LogP contribution is -2.30. The first-order valence-corrected chi connectivity index (χ1v) is 5.43. The number of nitrogens with zero attached hydrogens (tertiary/aromatic N) is 1. The standard InChI is InChI=1S/C9H15ClF3N/c10-5-7-14(8-2-3-8)6-1-4-9(11,12)13/h8H,1-7H2. The topological polar surface area (TPSA) is 3.24 Å². The van der Waals surface area contributed by atoms with Crippen LogP contribution in [0.15, 0.2) is 0 Å². The van der Waals surface area contributed by atoms with E-state index in [0.29, 0.717) is 25.0 Å². The molecule has 0 radical (unpaired) electrons. The molecule has 0 unspecified atom stereocenters. The molecule has 0 amide bonds. The molecule has 1 fully saturated rings. The van der Waals surface area contributed by atoms with Gasteiger partial charge >= 0.3 is 6.18 Å². The SMILES string of the molecule is FC(F)(F)CCCN(CCCl)C1CC1. The Hall–Kier alpha value is 0.0400. The number of halogens is 4. The molecule has 1 aliphatic rings. The summed E-state index contributed by atoms with van der Waals surface area (Å²) in [5.41, 5.74) is 0. The summed E-state index contributed by atoms with van der Waals surface area (Å²) in [5.74, 6) is 0.502. The zero-order chi connectivity index (χ0) is 10.6. The minimum absolute atomic E-state index is 0.191. The van der Waals surface area contributed by atoms with Gasteiger partial charge in [0.25, 0.3) is 0 Å². The van der Waals surface area contributed by atoms with Crippen molar-refractivity contribution < 1.29 is 13.2 Å². The minimum atomic E-state index is -4.02. The zero-order valence-electron chi connectivity index (χ0n) is 7.99. The van der Waals surface area contributed by atoms with Crippen LogP contribution in [-0.4, -0.2) is 36.1 Å². The number of hydrogen-bond donors (Lipinski definition) is 0. The molecule has 0 aromatic rings. The molecule has 0 saturated heterocycles. The van der Waals surface area contributed by atoms with Crippen LogP contribution in [0.25, 0.3) is 0 Å². The van der Waals surface area contributed by atoms with Crippen LogP contribution in [0.1, 0.15) is 25.7 Å². The van der Waals surface area contributed by atoms with Gasteiger partial charge in [-0.25, -0.2) is 0 Å². The molecule has 0 N–H and O–H groups in total. The van der Waals surface area contributed by atoms with Gasteiger partial charge in [-0.15, -0.1) is 11.6 Å². The monoisotopic (exact) mass is 229 g/mol. The maximum atomic E-state index is 11.9. The Morgan fingerprint density at radius 2 is 1.86 bits per heavy atom. The van der Waals surface area contributed by atoms with E-state index in [9.17, 15) is 13.2 Å². The molecular formula is C9H15ClF3N. The lowest BCUT2D eigenvalue weighted by Gasteiger charge is -2.20. The van der Waals surface area contributed by atoms with Crippen molar-refractivity contribution in [2.24, 2.45) is 0 Å². The van der Waals surface area contributed by atoms with Gasteiger partial charge in [-0.3, -0.25) is 4.90 Å². The van der Waals surface area contributed by atoms with Gasteiger partial charge < -0.3 is 0 Å². The number of rotatable bonds is 6. The van der Waals surface area contributed by atoms with Crippen molar-refractivity contribution in [3.63, 3.8) is 0 Å². The second kappa shape index (κ2) is 5.21. The van der Waals surface area contributed by atoms with Gasteiger partial charge in [-0.05, 0) is 25.8 Å². The van der Waals surface area contributed by atoms with E-state index in [1.807, 2.05) is 0 Å². The molecule has 0 atom stereocenters. The summed E-state index contributed by atoms with van der Waals surface area (Å²) in [4.78, 5) is 2.07. The van der Waals surface area contributed by atoms with Gasteiger partial charge in [0.2, 0.25) is 0 Å². The molecule has 1 aliphatic carbocycles. The summed E-state index contributed by atoms with van der Waals surface area (Å²) in [6.07, 6.45) is -2.28. The van der Waals surface area contributed by atoms with Gasteiger partial charge in [-0.1, -0.05) is 0 Å². The Bertz CT molecular complexity index is 168. The molecule has 1 rings (SSSR count). The van der Waals surface area contributed by atoms with Gasteiger partial charge in [0, 0.05) is 24.9 Å². The van der Waals surface area contributed by atoms with Crippen LogP contribution < -0.4 is 0 Å². The van der Waals surface area contributed by atoms with E-state index >= 15 is 0 Å². The van der Waals surface area contributed by atoms with Crippen LogP contribution in [0.3, 0.4) is 0 Å². The molecule has 0 aromatic carbocycles. The highest BCUT2D eigenvalue weighted by atomic mass is 35.5. The quantitative estimate of drug-likeness (QED) is 0.633. The Labute approximate surface area is 87.2 Å². The predicted molar refractivity (Wildman–Crippen MR) is 50.6 cm³/mol. The maximum absolute atomic E-state index is 11.9. The van der Waals surface area contributed by atoms with E-state index in [4.69, 9.17) is 11.6 Å². The summed E-state index contributed by atoms with van der Waals surface area (Å²) in [7, 11) is 0. The molecule has 0 aromatic heterocycles. The summed E-state index contributed by atoms with van der Waals surface area (Å²) in [5, 5.41) is 0. The Kier molecular flexibility index (Phi) is 4.51. The Morgan fingerprint density at radius 1 is 1.21 bits per heavy atom. The molecule has 1 saturated carbocycles. The van der Waals surface area contributed by atoms with Crippen LogP contribution in [0.4, 0.5) is 13.2 Å². The fraction of sp³-hybridized carbons (Fsp3) is 1.00. The van der Waals surface area contributed by atoms with E-state index in [2.05, 4.69) is 4.90 Å². The average Bonchev–Trinajstić information content (AvgIpc) is 2.83. The number of hydrogen-bond acceptors (Lipinski definition) is 1. The molecule has 0 heterocycles. The third-order valence-corrected chi connectivity index (χ3v) is 2.51. The second-order valence-electron chi connectivity index (χ2n) is 3.67. The molecule has 1 nitrogen and oxygen atoms in total. The third kappa shape index (κ3) is 5.05. The lowest BCUT2D eigenvalue weighted by atomic mass is 10.3. The molecule has 14 heavy (non-hydrogen) atoms. The zero-order valence-corrected chi connectivity index (χ0v) is 8.74. The van der Waals surface area contributed by atoms with Crippen molar-refractivity contribution in [2.75, 3.05) is 19.0 Å². The maximum Gasteiger partial charge on any atom is 0.389 e. The van der Waals surface area contributed by atoms with Crippen molar-refractivity contribution in [2.45, 2.75) is 37.9 Å². The van der Waals surface area contributed by atoms with Gasteiger partial charge in [-0.2, -0.15) is 13.2 Å². The minimum Gasteiger partial charge on any atom is -0.299 e. The van der Waals surface area contributed by atoms with Gasteiger partial charge in [0.1, 0.15) is 0 Å². The number of alkyl halides is 4. The van der Waals surface area contributed by atoms with Crippen LogP contribution in [-0.2, 0) is 0 Å². The summed E-state index contributed by atoms with van der Waals surface area (Å²) >= 11 is 5.57. The van der Waals surface area contributed by atoms with E-state index < -0.39 is 12.6 Å². The highest BCUT2D eigenvalue weighted by molar-refractivity contribution is 6.18. The van der Waals surface area contributed by atoms with Crippen molar-refractivity contribution in [3.8, 4) is 0 Å². The predicted octanol–water partition coefficient (Wildman–Crippen LogP) is 3.03. The van der Waals surface area contributed by atoms with E-state index in [1.165, 1.54) is 0 Å². The van der Waals surface area contributed by atoms with Crippen molar-refractivity contribution in [1.82, 2.24) is 4.90 Å². The van der Waals surface area contributed by atoms with Crippen LogP contribution in [0.2, 0.25) is 0 Å².